The highest BCUT2D eigenvalue weighted by Gasteiger charge is 1.97. The molecule has 0 fully saturated rings. The van der Waals surface area contributed by atoms with Crippen LogP contribution in [-0.4, -0.2) is 39.5 Å². The Labute approximate surface area is 72.2 Å². The van der Waals surface area contributed by atoms with Crippen molar-refractivity contribution in [2.45, 2.75) is 6.42 Å². The van der Waals surface area contributed by atoms with E-state index < -0.39 is 0 Å². The standard InChI is InChI=1S/C7H16N2O3/c1-11-5-7(10)9-3-2-4-12-6-8/h2-6,8H2,1H3,(H,9,10). The lowest BCUT2D eigenvalue weighted by Crippen LogP contribution is -2.28. The van der Waals surface area contributed by atoms with Crippen LogP contribution in [0.1, 0.15) is 6.42 Å². The Morgan fingerprint density at radius 2 is 2.33 bits per heavy atom. The van der Waals surface area contributed by atoms with Gasteiger partial charge in [0.2, 0.25) is 5.91 Å². The predicted molar refractivity (Wildman–Crippen MR) is 44.5 cm³/mol. The van der Waals surface area contributed by atoms with Crippen molar-refractivity contribution in [2.24, 2.45) is 5.73 Å². The minimum atomic E-state index is -0.106. The van der Waals surface area contributed by atoms with E-state index in [1.54, 1.807) is 0 Å². The fourth-order valence-electron chi connectivity index (χ4n) is 0.667. The van der Waals surface area contributed by atoms with E-state index in [0.717, 1.165) is 6.42 Å². The minimum Gasteiger partial charge on any atom is -0.375 e. The van der Waals surface area contributed by atoms with Crippen molar-refractivity contribution in [3.63, 3.8) is 0 Å². The molecule has 0 atom stereocenters. The lowest BCUT2D eigenvalue weighted by molar-refractivity contribution is -0.124. The van der Waals surface area contributed by atoms with Crippen molar-refractivity contribution in [2.75, 3.05) is 33.6 Å². The Kier molecular flexibility index (Phi) is 7.99. The Morgan fingerprint density at radius 3 is 2.92 bits per heavy atom. The molecule has 0 aliphatic carbocycles. The molecule has 0 bridgehead atoms. The topological polar surface area (TPSA) is 73.6 Å². The average Bonchev–Trinajstić information content (AvgIpc) is 2.05. The van der Waals surface area contributed by atoms with E-state index in [0.29, 0.717) is 13.2 Å². The van der Waals surface area contributed by atoms with Crippen molar-refractivity contribution < 1.29 is 14.3 Å². The first-order chi connectivity index (χ1) is 5.81. The van der Waals surface area contributed by atoms with Gasteiger partial charge in [-0.15, -0.1) is 0 Å². The van der Waals surface area contributed by atoms with Crippen molar-refractivity contribution in [3.05, 3.63) is 0 Å². The number of nitrogens with two attached hydrogens (primary N) is 1. The van der Waals surface area contributed by atoms with Gasteiger partial charge in [-0.3, -0.25) is 4.79 Å². The van der Waals surface area contributed by atoms with Crippen molar-refractivity contribution in [1.82, 2.24) is 5.32 Å². The van der Waals surface area contributed by atoms with Crippen LogP contribution in [0.5, 0.6) is 0 Å². The predicted octanol–water partition coefficient (Wildman–Crippen LogP) is -0.928. The normalized spacial score (nSPS) is 9.83. The van der Waals surface area contributed by atoms with E-state index >= 15 is 0 Å². The maximum atomic E-state index is 10.8. The van der Waals surface area contributed by atoms with Gasteiger partial charge in [0.1, 0.15) is 6.61 Å². The van der Waals surface area contributed by atoms with Crippen LogP contribution in [0.15, 0.2) is 0 Å². The number of carbonyl (C=O) groups excluding carboxylic acids is 1. The molecule has 0 unspecified atom stereocenters. The van der Waals surface area contributed by atoms with Gasteiger partial charge in [-0.25, -0.2) is 0 Å². The molecule has 0 aromatic carbocycles. The summed E-state index contributed by atoms with van der Waals surface area (Å²) in [6.45, 7) is 1.51. The van der Waals surface area contributed by atoms with Gasteiger partial charge in [0.25, 0.3) is 0 Å². The molecule has 5 heteroatoms. The van der Waals surface area contributed by atoms with Gasteiger partial charge in [0.05, 0.1) is 6.73 Å². The van der Waals surface area contributed by atoms with Crippen LogP contribution in [0.3, 0.4) is 0 Å². The van der Waals surface area contributed by atoms with E-state index in [1.807, 2.05) is 0 Å². The van der Waals surface area contributed by atoms with Gasteiger partial charge in [0, 0.05) is 20.3 Å². The molecule has 0 saturated heterocycles. The number of carbonyl (C=O) groups is 1. The maximum Gasteiger partial charge on any atom is 0.245 e. The highest BCUT2D eigenvalue weighted by atomic mass is 16.5. The van der Waals surface area contributed by atoms with Crippen LogP contribution in [0.2, 0.25) is 0 Å². The maximum absolute atomic E-state index is 10.8. The second kappa shape index (κ2) is 8.45. The molecule has 12 heavy (non-hydrogen) atoms. The number of rotatable bonds is 7. The molecule has 0 aromatic rings. The van der Waals surface area contributed by atoms with E-state index in [4.69, 9.17) is 10.5 Å². The average molecular weight is 176 g/mol. The lowest BCUT2D eigenvalue weighted by atomic mass is 10.4. The van der Waals surface area contributed by atoms with E-state index in [2.05, 4.69) is 10.1 Å². The molecule has 0 heterocycles. The first-order valence-electron chi connectivity index (χ1n) is 3.84. The molecule has 72 valence electrons. The van der Waals surface area contributed by atoms with Crippen molar-refractivity contribution >= 4 is 5.91 Å². The van der Waals surface area contributed by atoms with E-state index in [1.165, 1.54) is 7.11 Å². The Morgan fingerprint density at radius 1 is 1.58 bits per heavy atom. The summed E-state index contributed by atoms with van der Waals surface area (Å²) in [5.74, 6) is -0.106. The Bertz CT molecular complexity index is 119. The van der Waals surface area contributed by atoms with Crippen LogP contribution in [0.4, 0.5) is 0 Å². The molecular formula is C7H16N2O3. The number of hydrogen-bond donors (Lipinski definition) is 2. The third kappa shape index (κ3) is 7.46. The zero-order valence-corrected chi connectivity index (χ0v) is 7.34. The highest BCUT2D eigenvalue weighted by Crippen LogP contribution is 1.78. The quantitative estimate of drug-likeness (QED) is 0.388. The summed E-state index contributed by atoms with van der Waals surface area (Å²) in [5, 5.41) is 2.66. The fourth-order valence-corrected chi connectivity index (χ4v) is 0.667. The molecule has 0 aromatic heterocycles. The molecule has 1 amide bonds. The van der Waals surface area contributed by atoms with Crippen LogP contribution >= 0.6 is 0 Å². The first kappa shape index (κ1) is 11.4. The smallest absolute Gasteiger partial charge is 0.245 e. The molecule has 0 rings (SSSR count). The van der Waals surface area contributed by atoms with Crippen LogP contribution in [0, 0.1) is 0 Å². The van der Waals surface area contributed by atoms with Crippen LogP contribution in [-0.2, 0) is 14.3 Å². The van der Waals surface area contributed by atoms with E-state index in [9.17, 15) is 4.79 Å². The summed E-state index contributed by atoms with van der Waals surface area (Å²) in [5.41, 5.74) is 5.09. The molecule has 0 radical (unpaired) electrons. The lowest BCUT2D eigenvalue weighted by Gasteiger charge is -2.03. The highest BCUT2D eigenvalue weighted by molar-refractivity contribution is 5.77. The molecule has 0 aliphatic rings. The minimum absolute atomic E-state index is 0.106. The summed E-state index contributed by atoms with van der Waals surface area (Å²) in [6.07, 6.45) is 0.770. The monoisotopic (exact) mass is 176 g/mol. The fraction of sp³-hybridized carbons (Fsp3) is 0.857. The number of ether oxygens (including phenoxy) is 2. The van der Waals surface area contributed by atoms with Gasteiger partial charge < -0.3 is 20.5 Å². The number of hydrogen-bond acceptors (Lipinski definition) is 4. The Hall–Kier alpha value is -0.650. The zero-order chi connectivity index (χ0) is 9.23. The van der Waals surface area contributed by atoms with Gasteiger partial charge in [0.15, 0.2) is 0 Å². The van der Waals surface area contributed by atoms with Crippen LogP contribution in [0.25, 0.3) is 0 Å². The van der Waals surface area contributed by atoms with Crippen molar-refractivity contribution in [3.8, 4) is 0 Å². The first-order valence-corrected chi connectivity index (χ1v) is 3.84. The zero-order valence-electron chi connectivity index (χ0n) is 7.34. The summed E-state index contributed by atoms with van der Waals surface area (Å²) in [4.78, 5) is 10.8. The number of amides is 1. The van der Waals surface area contributed by atoms with Gasteiger partial charge >= 0.3 is 0 Å². The SMILES string of the molecule is COCC(=O)NCCCOCN. The molecular weight excluding hydrogens is 160 g/mol. The van der Waals surface area contributed by atoms with Crippen molar-refractivity contribution in [1.29, 1.82) is 0 Å². The largest absolute Gasteiger partial charge is 0.375 e. The molecule has 0 aliphatic heterocycles. The summed E-state index contributed by atoms with van der Waals surface area (Å²) in [6, 6.07) is 0. The molecule has 0 spiro atoms. The van der Waals surface area contributed by atoms with Gasteiger partial charge in [-0.1, -0.05) is 0 Å². The number of methoxy groups -OCH3 is 1. The third-order valence-corrected chi connectivity index (χ3v) is 1.18. The second-order valence-electron chi connectivity index (χ2n) is 2.21. The van der Waals surface area contributed by atoms with Crippen LogP contribution < -0.4 is 11.1 Å². The Balaban J connectivity index is 3.03. The summed E-state index contributed by atoms with van der Waals surface area (Å²) >= 11 is 0. The summed E-state index contributed by atoms with van der Waals surface area (Å²) < 4.78 is 9.49. The summed E-state index contributed by atoms with van der Waals surface area (Å²) in [7, 11) is 1.48. The third-order valence-electron chi connectivity index (χ3n) is 1.18. The number of nitrogens with one attached hydrogen (secondary N) is 1. The second-order valence-corrected chi connectivity index (χ2v) is 2.21. The molecule has 3 N–H and O–H groups in total. The molecule has 0 saturated carbocycles. The molecule has 5 nitrogen and oxygen atoms in total. The van der Waals surface area contributed by atoms with E-state index in [-0.39, 0.29) is 19.2 Å². The van der Waals surface area contributed by atoms with Gasteiger partial charge in [-0.05, 0) is 6.42 Å². The van der Waals surface area contributed by atoms with Gasteiger partial charge in [-0.2, -0.15) is 0 Å².